The molecule has 1 aliphatic heterocycles. The number of ether oxygens (including phenoxy) is 1. The Hall–Kier alpha value is -1.74. The number of halogens is 2. The number of fused-ring (bicyclic) bond motifs is 1. The van der Waals surface area contributed by atoms with Gasteiger partial charge in [-0.2, -0.15) is 0 Å². The van der Waals surface area contributed by atoms with Gasteiger partial charge in [0, 0.05) is 7.05 Å². The van der Waals surface area contributed by atoms with Crippen LogP contribution in [0.1, 0.15) is 0 Å². The summed E-state index contributed by atoms with van der Waals surface area (Å²) in [5.74, 6) is 0. The molecule has 0 aromatic heterocycles. The van der Waals surface area contributed by atoms with Crippen molar-refractivity contribution in [2.45, 2.75) is 11.3 Å². The molecule has 0 spiro atoms. The van der Waals surface area contributed by atoms with Crippen molar-refractivity contribution in [3.05, 3.63) is 24.3 Å². The first-order chi connectivity index (χ1) is 9.85. The molecule has 0 fully saturated rings. The third kappa shape index (κ3) is 2.98. The number of amides is 2. The minimum atomic E-state index is -3.99. The molecule has 0 aliphatic carbocycles. The van der Waals surface area contributed by atoms with Gasteiger partial charge in [0.15, 0.2) is 0 Å². The second-order valence-electron chi connectivity index (χ2n) is 4.35. The largest absolute Gasteiger partial charge is 0.374 e. The van der Waals surface area contributed by atoms with Crippen LogP contribution in [0.25, 0.3) is 0 Å². The Morgan fingerprint density at radius 2 is 1.95 bits per heavy atom. The van der Waals surface area contributed by atoms with Crippen molar-refractivity contribution in [2.75, 3.05) is 31.7 Å². The van der Waals surface area contributed by atoms with Crippen LogP contribution in [0.3, 0.4) is 0 Å². The molecule has 9 heteroatoms. The average Bonchev–Trinajstić information content (AvgIpc) is 2.44. The number of hydrogen-bond acceptors (Lipinski definition) is 4. The van der Waals surface area contributed by atoms with E-state index in [1.807, 2.05) is 0 Å². The first kappa shape index (κ1) is 15.6. The van der Waals surface area contributed by atoms with Crippen LogP contribution in [-0.4, -0.2) is 52.0 Å². The highest BCUT2D eigenvalue weighted by atomic mass is 32.2. The maximum absolute atomic E-state index is 12.4. The van der Waals surface area contributed by atoms with Gasteiger partial charge in [0.05, 0.1) is 18.8 Å². The van der Waals surface area contributed by atoms with E-state index in [1.54, 1.807) is 12.1 Å². The predicted molar refractivity (Wildman–Crippen MR) is 71.0 cm³/mol. The molecule has 0 unspecified atom stereocenters. The number of sulfonamides is 1. The summed E-state index contributed by atoms with van der Waals surface area (Å²) in [7, 11) is -2.54. The van der Waals surface area contributed by atoms with Gasteiger partial charge in [-0.25, -0.2) is 26.3 Å². The Kier molecular flexibility index (Phi) is 4.43. The van der Waals surface area contributed by atoms with Crippen LogP contribution in [0.2, 0.25) is 0 Å². The Morgan fingerprint density at radius 3 is 2.62 bits per heavy atom. The molecular formula is C12H14F2N2O4S. The summed E-state index contributed by atoms with van der Waals surface area (Å²) >= 11 is 0. The minimum absolute atomic E-state index is 0.000889. The number of carbonyl (C=O) groups excluding carboxylic acids is 1. The van der Waals surface area contributed by atoms with E-state index in [-0.39, 0.29) is 23.7 Å². The minimum Gasteiger partial charge on any atom is -0.374 e. The van der Waals surface area contributed by atoms with Crippen molar-refractivity contribution in [3.63, 3.8) is 0 Å². The van der Waals surface area contributed by atoms with Gasteiger partial charge in [0.25, 0.3) is 16.4 Å². The maximum atomic E-state index is 12.4. The van der Waals surface area contributed by atoms with Crippen molar-refractivity contribution in [1.29, 1.82) is 0 Å². The van der Waals surface area contributed by atoms with Crippen LogP contribution in [0, 0.1) is 0 Å². The highest BCUT2D eigenvalue weighted by molar-refractivity contribution is 7.90. The first-order valence-electron chi connectivity index (χ1n) is 6.11. The van der Waals surface area contributed by atoms with Crippen molar-refractivity contribution < 1.29 is 26.7 Å². The van der Waals surface area contributed by atoms with E-state index in [1.165, 1.54) is 24.1 Å². The summed E-state index contributed by atoms with van der Waals surface area (Å²) in [5.41, 5.74) is 0.284. The molecule has 116 valence electrons. The zero-order valence-corrected chi connectivity index (χ0v) is 12.0. The third-order valence-corrected chi connectivity index (χ3v) is 4.80. The molecule has 1 aromatic carbocycles. The quantitative estimate of drug-likeness (QED) is 0.772. The topological polar surface area (TPSA) is 66.9 Å². The lowest BCUT2D eigenvalue weighted by Crippen LogP contribution is -2.50. The molecule has 1 aromatic rings. The van der Waals surface area contributed by atoms with Crippen LogP contribution in [-0.2, 0) is 14.8 Å². The molecule has 0 bridgehead atoms. The standard InChI is InChI=1S/C12H14F2N2O4S/c1-15-9-4-2-3-5-10(9)21(18,19)16(12(15)17)6-7-20-8-11(13)14/h2-5,11H,6-8H2,1H3. The summed E-state index contributed by atoms with van der Waals surface area (Å²) in [6.07, 6.45) is -2.64. The Labute approximate surface area is 121 Å². The van der Waals surface area contributed by atoms with Crippen LogP contribution in [0.15, 0.2) is 29.2 Å². The van der Waals surface area contributed by atoms with E-state index in [9.17, 15) is 22.0 Å². The predicted octanol–water partition coefficient (Wildman–Crippen LogP) is 1.53. The zero-order valence-electron chi connectivity index (χ0n) is 11.2. The Morgan fingerprint density at radius 1 is 1.29 bits per heavy atom. The molecular weight excluding hydrogens is 306 g/mol. The van der Waals surface area contributed by atoms with E-state index in [2.05, 4.69) is 4.74 Å². The molecule has 0 saturated carbocycles. The number of anilines is 1. The highest BCUT2D eigenvalue weighted by Crippen LogP contribution is 2.32. The van der Waals surface area contributed by atoms with Crippen molar-refractivity contribution >= 4 is 21.7 Å². The summed E-state index contributed by atoms with van der Waals surface area (Å²) in [4.78, 5) is 13.3. The molecule has 0 saturated heterocycles. The summed E-state index contributed by atoms with van der Waals surface area (Å²) in [5, 5.41) is 0. The van der Waals surface area contributed by atoms with Crippen LogP contribution >= 0.6 is 0 Å². The van der Waals surface area contributed by atoms with E-state index in [4.69, 9.17) is 0 Å². The average molecular weight is 320 g/mol. The van der Waals surface area contributed by atoms with E-state index in [0.717, 1.165) is 0 Å². The smallest absolute Gasteiger partial charge is 0.338 e. The third-order valence-electron chi connectivity index (χ3n) is 2.98. The molecule has 0 atom stereocenters. The molecule has 0 N–H and O–H groups in total. The first-order valence-corrected chi connectivity index (χ1v) is 7.55. The van der Waals surface area contributed by atoms with Crippen molar-refractivity contribution in [3.8, 4) is 0 Å². The Bertz CT molecular complexity index is 636. The number of alkyl halides is 2. The van der Waals surface area contributed by atoms with Gasteiger partial charge in [-0.1, -0.05) is 12.1 Å². The van der Waals surface area contributed by atoms with Crippen molar-refractivity contribution in [1.82, 2.24) is 4.31 Å². The fourth-order valence-electron chi connectivity index (χ4n) is 1.98. The van der Waals surface area contributed by atoms with Crippen molar-refractivity contribution in [2.24, 2.45) is 0 Å². The fraction of sp³-hybridized carbons (Fsp3) is 0.417. The molecule has 6 nitrogen and oxygen atoms in total. The summed E-state index contributed by atoms with van der Waals surface area (Å²) in [6, 6.07) is 5.34. The SMILES string of the molecule is CN1C(=O)N(CCOCC(F)F)S(=O)(=O)c2ccccc21. The van der Waals surface area contributed by atoms with E-state index >= 15 is 0 Å². The van der Waals surface area contributed by atoms with Gasteiger partial charge in [0.2, 0.25) is 0 Å². The Balaban J connectivity index is 2.21. The highest BCUT2D eigenvalue weighted by Gasteiger charge is 2.39. The molecule has 0 radical (unpaired) electrons. The monoisotopic (exact) mass is 320 g/mol. The molecule has 2 amide bonds. The molecule has 1 heterocycles. The summed E-state index contributed by atoms with van der Waals surface area (Å²) < 4.78 is 53.9. The van der Waals surface area contributed by atoms with Gasteiger partial charge >= 0.3 is 6.03 Å². The number of nitrogens with zero attached hydrogens (tertiary/aromatic N) is 2. The van der Waals surface area contributed by atoms with Gasteiger partial charge in [-0.05, 0) is 12.1 Å². The summed E-state index contributed by atoms with van der Waals surface area (Å²) in [6.45, 7) is -1.40. The number of urea groups is 1. The normalized spacial score (nSPS) is 17.2. The van der Waals surface area contributed by atoms with Gasteiger partial charge in [-0.15, -0.1) is 0 Å². The lowest BCUT2D eigenvalue weighted by atomic mass is 10.3. The zero-order chi connectivity index (χ0) is 15.6. The van der Waals surface area contributed by atoms with Crippen LogP contribution in [0.5, 0.6) is 0 Å². The number of para-hydroxylation sites is 1. The van der Waals surface area contributed by atoms with Gasteiger partial charge < -0.3 is 4.74 Å². The maximum Gasteiger partial charge on any atom is 0.338 e. The van der Waals surface area contributed by atoms with Crippen LogP contribution < -0.4 is 4.90 Å². The number of hydrogen-bond donors (Lipinski definition) is 0. The van der Waals surface area contributed by atoms with E-state index in [0.29, 0.717) is 4.31 Å². The van der Waals surface area contributed by atoms with Crippen LogP contribution in [0.4, 0.5) is 19.3 Å². The molecule has 21 heavy (non-hydrogen) atoms. The lowest BCUT2D eigenvalue weighted by molar-refractivity contribution is 0.0162. The number of carbonyl (C=O) groups is 1. The number of rotatable bonds is 5. The van der Waals surface area contributed by atoms with Gasteiger partial charge in [0.1, 0.15) is 11.5 Å². The van der Waals surface area contributed by atoms with Gasteiger partial charge in [-0.3, -0.25) is 4.90 Å². The second-order valence-corrected chi connectivity index (χ2v) is 6.18. The lowest BCUT2D eigenvalue weighted by Gasteiger charge is -2.34. The second kappa shape index (κ2) is 5.94. The van der Waals surface area contributed by atoms with E-state index < -0.39 is 29.1 Å². The molecule has 2 rings (SSSR count). The fourth-order valence-corrected chi connectivity index (χ4v) is 3.58. The molecule has 1 aliphatic rings. The number of benzene rings is 1.